The van der Waals surface area contributed by atoms with Crippen LogP contribution in [0.4, 0.5) is 4.79 Å². The number of hydrogen-bond donors (Lipinski definition) is 1. The van der Waals surface area contributed by atoms with Crippen LogP contribution >= 0.6 is 0 Å². The molecule has 0 spiro atoms. The Labute approximate surface area is 128 Å². The number of hydrogen-bond acceptors (Lipinski definition) is 3. The van der Waals surface area contributed by atoms with Gasteiger partial charge in [0.2, 0.25) is 0 Å². The average molecular weight is 293 g/mol. The van der Waals surface area contributed by atoms with Crippen LogP contribution in [0.5, 0.6) is 0 Å². The normalized spacial score (nSPS) is 24.4. The minimum absolute atomic E-state index is 0.00639. The lowest BCUT2D eigenvalue weighted by atomic mass is 9.96. The number of rotatable bonds is 1. The van der Waals surface area contributed by atoms with Gasteiger partial charge in [-0.25, -0.2) is 4.79 Å². The highest BCUT2D eigenvalue weighted by Gasteiger charge is 2.33. The molecule has 4 heteroatoms. The first-order valence-corrected chi connectivity index (χ1v) is 7.58. The summed E-state index contributed by atoms with van der Waals surface area (Å²) in [6.07, 6.45) is 5.72. The summed E-state index contributed by atoms with van der Waals surface area (Å²) in [5.41, 5.74) is -0.491. The van der Waals surface area contributed by atoms with Gasteiger partial charge in [-0.15, -0.1) is 0 Å². The molecule has 118 valence electrons. The van der Waals surface area contributed by atoms with Gasteiger partial charge in [0.05, 0.1) is 6.04 Å². The third-order valence-corrected chi connectivity index (χ3v) is 3.25. The number of carbonyl (C=O) groups excluding carboxylic acids is 1. The minimum atomic E-state index is -0.637. The predicted molar refractivity (Wildman–Crippen MR) is 83.8 cm³/mol. The van der Waals surface area contributed by atoms with Crippen LogP contribution in [0.15, 0.2) is 12.2 Å². The Hall–Kier alpha value is -1.47. The molecule has 0 aromatic rings. The van der Waals surface area contributed by atoms with Gasteiger partial charge in [-0.3, -0.25) is 4.90 Å². The molecule has 1 aliphatic rings. The molecule has 1 amide bonds. The van der Waals surface area contributed by atoms with Crippen molar-refractivity contribution < 1.29 is 14.6 Å². The highest BCUT2D eigenvalue weighted by atomic mass is 16.6. The Kier molecular flexibility index (Phi) is 6.29. The second kappa shape index (κ2) is 7.51. The van der Waals surface area contributed by atoms with Crippen molar-refractivity contribution in [2.45, 2.75) is 77.7 Å². The molecule has 0 aliphatic carbocycles. The third-order valence-electron chi connectivity index (χ3n) is 3.25. The van der Waals surface area contributed by atoms with Crippen LogP contribution in [0.3, 0.4) is 0 Å². The van der Waals surface area contributed by atoms with E-state index in [4.69, 9.17) is 9.84 Å². The largest absolute Gasteiger partial charge is 0.444 e. The molecule has 0 saturated carbocycles. The number of allylic oxidation sites excluding steroid dienone is 1. The molecule has 1 rings (SSSR count). The van der Waals surface area contributed by atoms with Crippen molar-refractivity contribution in [2.24, 2.45) is 0 Å². The average Bonchev–Trinajstić information content (AvgIpc) is 2.32. The number of likely N-dealkylation sites (tertiary alicyclic amines) is 1. The van der Waals surface area contributed by atoms with Gasteiger partial charge < -0.3 is 9.84 Å². The first kappa shape index (κ1) is 17.6. The Morgan fingerprint density at radius 1 is 1.43 bits per heavy atom. The lowest BCUT2D eigenvalue weighted by molar-refractivity contribution is 0.00362. The Morgan fingerprint density at radius 2 is 2.10 bits per heavy atom. The van der Waals surface area contributed by atoms with E-state index in [1.165, 1.54) is 0 Å². The summed E-state index contributed by atoms with van der Waals surface area (Å²) < 4.78 is 5.50. The van der Waals surface area contributed by atoms with Crippen LogP contribution in [-0.4, -0.2) is 39.9 Å². The molecule has 1 N–H and O–H groups in total. The van der Waals surface area contributed by atoms with Gasteiger partial charge in [0.1, 0.15) is 11.7 Å². The van der Waals surface area contributed by atoms with Crippen molar-refractivity contribution in [3.8, 4) is 11.8 Å². The first-order chi connectivity index (χ1) is 9.70. The fourth-order valence-electron chi connectivity index (χ4n) is 2.37. The summed E-state index contributed by atoms with van der Waals surface area (Å²) in [4.78, 5) is 14.2. The SMILES string of the molecule is C[C@H](O)C#C/C=C/[C@H]1CCC[C@H](C)N1C(=O)OC(C)(C)C. The highest BCUT2D eigenvalue weighted by molar-refractivity contribution is 5.69. The number of aliphatic hydroxyl groups excluding tert-OH is 1. The summed E-state index contributed by atoms with van der Waals surface area (Å²) in [5.74, 6) is 5.46. The number of piperidine rings is 1. The monoisotopic (exact) mass is 293 g/mol. The summed E-state index contributed by atoms with van der Waals surface area (Å²) >= 11 is 0. The van der Waals surface area contributed by atoms with Gasteiger partial charge in [-0.05, 0) is 60.0 Å². The summed E-state index contributed by atoms with van der Waals surface area (Å²) in [6.45, 7) is 9.29. The molecule has 1 heterocycles. The second-order valence-corrected chi connectivity index (χ2v) is 6.56. The van der Waals surface area contributed by atoms with E-state index in [2.05, 4.69) is 11.8 Å². The third kappa shape index (κ3) is 6.22. The van der Waals surface area contributed by atoms with Gasteiger partial charge in [0.25, 0.3) is 0 Å². The zero-order valence-electron chi connectivity index (χ0n) is 13.7. The summed E-state index contributed by atoms with van der Waals surface area (Å²) in [6, 6.07) is 0.167. The molecule has 1 fully saturated rings. The molecule has 21 heavy (non-hydrogen) atoms. The molecule has 1 saturated heterocycles. The van der Waals surface area contributed by atoms with Gasteiger partial charge >= 0.3 is 6.09 Å². The number of aliphatic hydroxyl groups is 1. The Balaban J connectivity index is 2.80. The quantitative estimate of drug-likeness (QED) is 0.756. The van der Waals surface area contributed by atoms with Crippen molar-refractivity contribution in [3.63, 3.8) is 0 Å². The summed E-state index contributed by atoms with van der Waals surface area (Å²) in [7, 11) is 0. The van der Waals surface area contributed by atoms with Crippen molar-refractivity contribution >= 4 is 6.09 Å². The van der Waals surface area contributed by atoms with E-state index >= 15 is 0 Å². The maximum Gasteiger partial charge on any atom is 0.411 e. The van der Waals surface area contributed by atoms with Crippen molar-refractivity contribution in [3.05, 3.63) is 12.2 Å². The number of ether oxygens (including phenoxy) is 1. The van der Waals surface area contributed by atoms with Crippen LogP contribution in [0.1, 0.15) is 53.9 Å². The molecule has 1 aliphatic heterocycles. The van der Waals surface area contributed by atoms with E-state index in [0.717, 1.165) is 19.3 Å². The van der Waals surface area contributed by atoms with Crippen LogP contribution in [-0.2, 0) is 4.74 Å². The van der Waals surface area contributed by atoms with Crippen molar-refractivity contribution in [2.75, 3.05) is 0 Å². The molecular formula is C17H27NO3. The molecule has 4 nitrogen and oxygen atoms in total. The van der Waals surface area contributed by atoms with Crippen molar-refractivity contribution in [1.29, 1.82) is 0 Å². The zero-order chi connectivity index (χ0) is 16.0. The fraction of sp³-hybridized carbons (Fsp3) is 0.706. The highest BCUT2D eigenvalue weighted by Crippen LogP contribution is 2.25. The number of nitrogens with zero attached hydrogens (tertiary/aromatic N) is 1. The van der Waals surface area contributed by atoms with Crippen LogP contribution in [0, 0.1) is 11.8 Å². The van der Waals surface area contributed by atoms with Crippen LogP contribution in [0.2, 0.25) is 0 Å². The lowest BCUT2D eigenvalue weighted by Crippen LogP contribution is -2.49. The molecule has 0 aromatic heterocycles. The molecular weight excluding hydrogens is 266 g/mol. The van der Waals surface area contributed by atoms with Crippen LogP contribution < -0.4 is 0 Å². The van der Waals surface area contributed by atoms with E-state index in [9.17, 15) is 4.79 Å². The van der Waals surface area contributed by atoms with Gasteiger partial charge in [-0.1, -0.05) is 17.9 Å². The molecule has 0 unspecified atom stereocenters. The fourth-order valence-corrected chi connectivity index (χ4v) is 2.37. The smallest absolute Gasteiger partial charge is 0.411 e. The number of carbonyl (C=O) groups is 1. The van der Waals surface area contributed by atoms with E-state index in [0.29, 0.717) is 0 Å². The molecule has 0 bridgehead atoms. The van der Waals surface area contributed by atoms with Gasteiger partial charge in [-0.2, -0.15) is 0 Å². The van der Waals surface area contributed by atoms with Crippen molar-refractivity contribution in [1.82, 2.24) is 4.90 Å². The lowest BCUT2D eigenvalue weighted by Gasteiger charge is -2.39. The Morgan fingerprint density at radius 3 is 2.67 bits per heavy atom. The van der Waals surface area contributed by atoms with E-state index < -0.39 is 11.7 Å². The van der Waals surface area contributed by atoms with Gasteiger partial charge in [0, 0.05) is 6.04 Å². The van der Waals surface area contributed by atoms with E-state index in [1.807, 2.05) is 33.8 Å². The molecule has 0 aromatic carbocycles. The Bertz CT molecular complexity index is 437. The standard InChI is InChI=1S/C17H27NO3/c1-13-9-8-12-15(11-7-6-10-14(2)19)18(13)16(20)21-17(3,4)5/h7,11,13-15,19H,8-9,12H2,1-5H3/b11-7+/t13-,14-,15-/m0/s1. The number of amides is 1. The maximum absolute atomic E-state index is 12.4. The minimum Gasteiger partial charge on any atom is -0.444 e. The second-order valence-electron chi connectivity index (χ2n) is 6.56. The molecule has 0 radical (unpaired) electrons. The topological polar surface area (TPSA) is 49.8 Å². The zero-order valence-corrected chi connectivity index (χ0v) is 13.7. The van der Waals surface area contributed by atoms with Gasteiger partial charge in [0.15, 0.2) is 0 Å². The van der Waals surface area contributed by atoms with E-state index in [-0.39, 0.29) is 18.2 Å². The maximum atomic E-state index is 12.4. The van der Waals surface area contributed by atoms with Crippen LogP contribution in [0.25, 0.3) is 0 Å². The summed E-state index contributed by atoms with van der Waals surface area (Å²) in [5, 5.41) is 9.11. The van der Waals surface area contributed by atoms with E-state index in [1.54, 1.807) is 17.9 Å². The predicted octanol–water partition coefficient (Wildman–Crippen LogP) is 3.10. The first-order valence-electron chi connectivity index (χ1n) is 7.58. The molecule has 3 atom stereocenters.